The lowest BCUT2D eigenvalue weighted by atomic mass is 10.2. The van der Waals surface area contributed by atoms with Crippen LogP contribution < -0.4 is 4.90 Å². The molecule has 10 nitrogen and oxygen atoms in total. The van der Waals surface area contributed by atoms with Crippen LogP contribution in [0.3, 0.4) is 0 Å². The van der Waals surface area contributed by atoms with Crippen molar-refractivity contribution in [2.75, 3.05) is 4.90 Å². The molecule has 2 aromatic heterocycles. The Hall–Kier alpha value is -3.73. The molecule has 1 aromatic carbocycles. The van der Waals surface area contributed by atoms with E-state index in [-0.39, 0.29) is 11.0 Å². The summed E-state index contributed by atoms with van der Waals surface area (Å²) in [4.78, 5) is 44.8. The number of benzene rings is 1. The number of para-hydroxylation sites is 1. The van der Waals surface area contributed by atoms with Crippen LogP contribution in [0.25, 0.3) is 11.4 Å². The number of anilines is 1. The third-order valence-electron chi connectivity index (χ3n) is 4.59. The lowest BCUT2D eigenvalue weighted by molar-refractivity contribution is -0.117. The summed E-state index contributed by atoms with van der Waals surface area (Å²) in [6, 6.07) is 11.9. The first-order valence-electron chi connectivity index (χ1n) is 11.6. The maximum absolute atomic E-state index is 13.6. The maximum atomic E-state index is 13.6. The third-order valence-corrected chi connectivity index (χ3v) is 5.62. The van der Waals surface area contributed by atoms with E-state index in [9.17, 15) is 14.4 Å². The number of aromatic nitrogens is 4. The average molecular weight is 526 g/mol. The van der Waals surface area contributed by atoms with Crippen molar-refractivity contribution in [3.05, 3.63) is 54.9 Å². The van der Waals surface area contributed by atoms with Gasteiger partial charge in [0.05, 0.1) is 10.9 Å². The number of nitrogens with zero attached hydrogens (tertiary/aromatic N) is 5. The van der Waals surface area contributed by atoms with E-state index in [4.69, 9.17) is 9.47 Å². The molecular formula is C26H31N5O5S. The zero-order chi connectivity index (χ0) is 27.4. The van der Waals surface area contributed by atoms with Gasteiger partial charge in [-0.1, -0.05) is 30.0 Å². The predicted molar refractivity (Wildman–Crippen MR) is 140 cm³/mol. The summed E-state index contributed by atoms with van der Waals surface area (Å²) in [5, 5.41) is 7.65. The standard InChI is InChI=1S/C26H31N5O5S/c1-17(21(32)30(19-11-9-8-10-12-19)23(33)35-25(2,3)4)37-22-29-28-20(18-13-15-27-16-14-18)31(22)24(34)36-26(5,6)7/h8-17H,1-7H3. The Bertz CT molecular complexity index is 1250. The van der Waals surface area contributed by atoms with Gasteiger partial charge in [0, 0.05) is 18.0 Å². The molecule has 1 atom stereocenters. The molecule has 196 valence electrons. The molecule has 0 spiro atoms. The molecule has 0 bridgehead atoms. The summed E-state index contributed by atoms with van der Waals surface area (Å²) in [6.45, 7) is 12.0. The molecule has 0 fully saturated rings. The third kappa shape index (κ3) is 7.39. The van der Waals surface area contributed by atoms with Gasteiger partial charge in [-0.2, -0.15) is 0 Å². The van der Waals surface area contributed by atoms with E-state index in [0.717, 1.165) is 16.7 Å². The number of ether oxygens (including phenoxy) is 2. The Morgan fingerprint density at radius 1 is 0.892 bits per heavy atom. The molecule has 0 aliphatic heterocycles. The van der Waals surface area contributed by atoms with E-state index in [2.05, 4.69) is 15.2 Å². The van der Waals surface area contributed by atoms with Crippen LogP contribution in [0.5, 0.6) is 0 Å². The van der Waals surface area contributed by atoms with Gasteiger partial charge < -0.3 is 9.47 Å². The smallest absolute Gasteiger partial charge is 0.422 e. The highest BCUT2D eigenvalue weighted by Crippen LogP contribution is 2.30. The van der Waals surface area contributed by atoms with Crippen molar-refractivity contribution < 1.29 is 23.9 Å². The number of hydrogen-bond acceptors (Lipinski definition) is 9. The van der Waals surface area contributed by atoms with Crippen LogP contribution in [0.15, 0.2) is 60.0 Å². The first kappa shape index (κ1) is 27.9. The number of thioether (sulfide) groups is 1. The number of carbonyl (C=O) groups is 3. The Kier molecular flexibility index (Phi) is 8.37. The van der Waals surface area contributed by atoms with Gasteiger partial charge in [-0.05, 0) is 72.7 Å². The minimum absolute atomic E-state index is 0.138. The van der Waals surface area contributed by atoms with Gasteiger partial charge in [-0.3, -0.25) is 9.78 Å². The topological polar surface area (TPSA) is 117 Å². The van der Waals surface area contributed by atoms with E-state index in [0.29, 0.717) is 11.3 Å². The van der Waals surface area contributed by atoms with Gasteiger partial charge in [-0.25, -0.2) is 19.1 Å². The summed E-state index contributed by atoms with van der Waals surface area (Å²) < 4.78 is 12.3. The zero-order valence-corrected chi connectivity index (χ0v) is 22.8. The molecular weight excluding hydrogens is 494 g/mol. The second-order valence-corrected chi connectivity index (χ2v) is 11.4. The Labute approximate surface area is 220 Å². The molecule has 2 heterocycles. The minimum atomic E-state index is -0.844. The highest BCUT2D eigenvalue weighted by Gasteiger charge is 2.34. The van der Waals surface area contributed by atoms with Gasteiger partial charge >= 0.3 is 12.2 Å². The molecule has 3 aromatic rings. The molecule has 0 aliphatic rings. The average Bonchev–Trinajstić information content (AvgIpc) is 3.22. The van der Waals surface area contributed by atoms with Gasteiger partial charge in [0.2, 0.25) is 11.1 Å². The molecule has 0 aliphatic carbocycles. The number of amides is 2. The highest BCUT2D eigenvalue weighted by atomic mass is 32.2. The second-order valence-electron chi connectivity index (χ2n) is 10.1. The van der Waals surface area contributed by atoms with Crippen molar-refractivity contribution >= 4 is 35.5 Å². The predicted octanol–water partition coefficient (Wildman–Crippen LogP) is 5.57. The normalized spacial score (nSPS) is 12.5. The van der Waals surface area contributed by atoms with E-state index in [1.165, 1.54) is 4.57 Å². The molecule has 3 rings (SSSR count). The van der Waals surface area contributed by atoms with Crippen molar-refractivity contribution in [3.8, 4) is 11.4 Å². The summed E-state index contributed by atoms with van der Waals surface area (Å²) in [7, 11) is 0. The number of hydrogen-bond donors (Lipinski definition) is 0. The second kappa shape index (κ2) is 11.1. The molecule has 0 N–H and O–H groups in total. The van der Waals surface area contributed by atoms with Crippen molar-refractivity contribution in [1.82, 2.24) is 19.7 Å². The minimum Gasteiger partial charge on any atom is -0.443 e. The van der Waals surface area contributed by atoms with E-state index in [1.807, 2.05) is 0 Å². The first-order chi connectivity index (χ1) is 17.3. The lowest BCUT2D eigenvalue weighted by Gasteiger charge is -2.27. The van der Waals surface area contributed by atoms with Gasteiger partial charge in [0.1, 0.15) is 11.2 Å². The van der Waals surface area contributed by atoms with E-state index in [1.54, 1.807) is 103 Å². The van der Waals surface area contributed by atoms with Crippen LogP contribution in [-0.2, 0) is 14.3 Å². The fourth-order valence-electron chi connectivity index (χ4n) is 3.10. The molecule has 11 heteroatoms. The molecule has 0 saturated carbocycles. The number of pyridine rings is 1. The van der Waals surface area contributed by atoms with Gasteiger partial charge in [0.25, 0.3) is 0 Å². The zero-order valence-electron chi connectivity index (χ0n) is 22.0. The molecule has 2 amide bonds. The Morgan fingerprint density at radius 2 is 1.49 bits per heavy atom. The summed E-state index contributed by atoms with van der Waals surface area (Å²) in [5.74, 6) is -0.305. The molecule has 1 unspecified atom stereocenters. The summed E-state index contributed by atoms with van der Waals surface area (Å²) >= 11 is 0.980. The van der Waals surface area contributed by atoms with Crippen LogP contribution in [0.2, 0.25) is 0 Å². The van der Waals surface area contributed by atoms with Crippen LogP contribution in [0, 0.1) is 0 Å². The number of imide groups is 1. The lowest BCUT2D eigenvalue weighted by Crippen LogP contribution is -2.44. The van der Waals surface area contributed by atoms with Crippen molar-refractivity contribution in [1.29, 1.82) is 0 Å². The fraction of sp³-hybridized carbons (Fsp3) is 0.385. The summed E-state index contributed by atoms with van der Waals surface area (Å²) in [6.07, 6.45) is 1.64. The van der Waals surface area contributed by atoms with Gasteiger partial charge in [-0.15, -0.1) is 10.2 Å². The van der Waals surface area contributed by atoms with Crippen molar-refractivity contribution in [2.24, 2.45) is 0 Å². The largest absolute Gasteiger partial charge is 0.443 e. The number of carbonyl (C=O) groups excluding carboxylic acids is 3. The fourth-order valence-corrected chi connectivity index (χ4v) is 3.98. The van der Waals surface area contributed by atoms with Crippen molar-refractivity contribution in [3.63, 3.8) is 0 Å². The highest BCUT2D eigenvalue weighted by molar-refractivity contribution is 8.00. The Balaban J connectivity index is 1.97. The molecule has 0 saturated heterocycles. The number of rotatable bonds is 5. The van der Waals surface area contributed by atoms with Crippen molar-refractivity contribution in [2.45, 2.75) is 70.1 Å². The molecule has 0 radical (unpaired) electrons. The van der Waals surface area contributed by atoms with Gasteiger partial charge in [0.15, 0.2) is 5.82 Å². The van der Waals surface area contributed by atoms with E-state index < -0.39 is 34.5 Å². The van der Waals surface area contributed by atoms with Crippen LogP contribution in [0.1, 0.15) is 48.5 Å². The SMILES string of the molecule is CC(Sc1nnc(-c2ccncc2)n1C(=O)OC(C)(C)C)C(=O)N(C(=O)OC(C)(C)C)c1ccccc1. The quantitative estimate of drug-likeness (QED) is 0.394. The molecule has 37 heavy (non-hydrogen) atoms. The van der Waals surface area contributed by atoms with Crippen LogP contribution in [0.4, 0.5) is 15.3 Å². The maximum Gasteiger partial charge on any atom is 0.422 e. The van der Waals surface area contributed by atoms with Crippen LogP contribution in [-0.4, -0.2) is 54.3 Å². The van der Waals surface area contributed by atoms with E-state index >= 15 is 0 Å². The van der Waals surface area contributed by atoms with Crippen LogP contribution >= 0.6 is 11.8 Å². The Morgan fingerprint density at radius 3 is 2.05 bits per heavy atom. The monoisotopic (exact) mass is 525 g/mol. The first-order valence-corrected chi connectivity index (χ1v) is 12.5. The summed E-state index contributed by atoms with van der Waals surface area (Å²) in [5.41, 5.74) is -0.628.